The van der Waals surface area contributed by atoms with Crippen molar-refractivity contribution in [2.45, 2.75) is 69.0 Å². The molecule has 2 aromatic rings. The molecule has 0 radical (unpaired) electrons. The first-order valence-electron chi connectivity index (χ1n) is 10.2. The van der Waals surface area contributed by atoms with Gasteiger partial charge in [-0.15, -0.1) is 21.5 Å². The molecule has 4 nitrogen and oxygen atoms in total. The predicted octanol–water partition coefficient (Wildman–Crippen LogP) is 5.01. The lowest BCUT2D eigenvalue weighted by Gasteiger charge is -2.27. The van der Waals surface area contributed by atoms with Crippen LogP contribution in [0.25, 0.3) is 0 Å². The molecule has 26 heavy (non-hydrogen) atoms. The Morgan fingerprint density at radius 1 is 1.04 bits per heavy atom. The van der Waals surface area contributed by atoms with Crippen molar-refractivity contribution in [2.75, 3.05) is 25.4 Å². The molecule has 0 atom stereocenters. The fourth-order valence-electron chi connectivity index (χ4n) is 4.25. The number of thioether (sulfide) groups is 1. The van der Waals surface area contributed by atoms with E-state index in [4.69, 9.17) is 0 Å². The smallest absolute Gasteiger partial charge is 0.191 e. The zero-order chi connectivity index (χ0) is 17.6. The first-order valence-corrected chi connectivity index (χ1v) is 12.1. The molecule has 1 aliphatic heterocycles. The number of thiophene rings is 1. The Bertz CT molecular complexity index is 655. The minimum Gasteiger partial charge on any atom is -0.303 e. The second-order valence-corrected chi connectivity index (χ2v) is 9.66. The van der Waals surface area contributed by atoms with E-state index in [1.54, 1.807) is 0 Å². The molecule has 2 fully saturated rings. The Kier molecular flexibility index (Phi) is 6.68. The molecule has 0 N–H and O–H groups in total. The lowest BCUT2D eigenvalue weighted by Crippen LogP contribution is -2.31. The van der Waals surface area contributed by atoms with Crippen molar-refractivity contribution < 1.29 is 0 Å². The van der Waals surface area contributed by atoms with Crippen molar-refractivity contribution in [3.05, 3.63) is 28.2 Å². The maximum atomic E-state index is 4.62. The molecular weight excluding hydrogens is 360 g/mol. The number of hydrogen-bond donors (Lipinski definition) is 0. The quantitative estimate of drug-likeness (QED) is 0.622. The van der Waals surface area contributed by atoms with Gasteiger partial charge in [-0.25, -0.2) is 0 Å². The van der Waals surface area contributed by atoms with Gasteiger partial charge in [-0.05, 0) is 50.2 Å². The summed E-state index contributed by atoms with van der Waals surface area (Å²) in [6.07, 6.45) is 11.7. The van der Waals surface area contributed by atoms with E-state index in [2.05, 4.69) is 37.2 Å². The maximum Gasteiger partial charge on any atom is 0.191 e. The normalized spacial score (nSPS) is 19.8. The minimum atomic E-state index is 0.603. The van der Waals surface area contributed by atoms with Gasteiger partial charge in [-0.1, -0.05) is 43.5 Å². The molecule has 1 saturated carbocycles. The first-order chi connectivity index (χ1) is 12.9. The first kappa shape index (κ1) is 18.5. The second-order valence-electron chi connectivity index (χ2n) is 7.57. The van der Waals surface area contributed by atoms with Crippen LogP contribution in [0.1, 0.15) is 68.1 Å². The second kappa shape index (κ2) is 9.38. The SMILES string of the molecule is c1csc(Cc2nnc(SCCN3CCCCC3)n2C2CCCCC2)c1. The van der Waals surface area contributed by atoms with Crippen LogP contribution in [-0.4, -0.2) is 45.1 Å². The van der Waals surface area contributed by atoms with Gasteiger partial charge in [0.2, 0.25) is 0 Å². The van der Waals surface area contributed by atoms with Crippen molar-refractivity contribution in [3.8, 4) is 0 Å². The van der Waals surface area contributed by atoms with E-state index in [0.29, 0.717) is 6.04 Å². The average molecular weight is 391 g/mol. The highest BCUT2D eigenvalue weighted by molar-refractivity contribution is 7.99. The van der Waals surface area contributed by atoms with Crippen LogP contribution in [0.3, 0.4) is 0 Å². The zero-order valence-electron chi connectivity index (χ0n) is 15.6. The van der Waals surface area contributed by atoms with Crippen molar-refractivity contribution in [3.63, 3.8) is 0 Å². The molecule has 0 aromatic carbocycles. The molecule has 0 amide bonds. The standard InChI is InChI=1S/C20H30N4S2/c1-3-8-17(9-4-1)24-19(16-18-10-7-14-25-18)21-22-20(24)26-15-13-23-11-5-2-6-12-23/h7,10,14,17H,1-6,8-9,11-13,15-16H2. The molecular formula is C20H30N4S2. The van der Waals surface area contributed by atoms with Gasteiger partial charge in [0.25, 0.3) is 0 Å². The van der Waals surface area contributed by atoms with Crippen LogP contribution in [0.2, 0.25) is 0 Å². The van der Waals surface area contributed by atoms with E-state index in [0.717, 1.165) is 17.3 Å². The van der Waals surface area contributed by atoms with Gasteiger partial charge in [0, 0.05) is 29.6 Å². The Morgan fingerprint density at radius 3 is 2.62 bits per heavy atom. The summed E-state index contributed by atoms with van der Waals surface area (Å²) in [5, 5.41) is 12.5. The monoisotopic (exact) mass is 390 g/mol. The topological polar surface area (TPSA) is 34.0 Å². The lowest BCUT2D eigenvalue weighted by molar-refractivity contribution is 0.242. The summed E-state index contributed by atoms with van der Waals surface area (Å²) in [4.78, 5) is 4.00. The van der Waals surface area contributed by atoms with E-state index in [1.165, 1.54) is 81.7 Å². The highest BCUT2D eigenvalue weighted by atomic mass is 32.2. The highest BCUT2D eigenvalue weighted by Crippen LogP contribution is 2.33. The van der Waals surface area contributed by atoms with Gasteiger partial charge in [-0.2, -0.15) is 0 Å². The highest BCUT2D eigenvalue weighted by Gasteiger charge is 2.23. The molecule has 4 rings (SSSR count). The van der Waals surface area contributed by atoms with Crippen LogP contribution in [0.5, 0.6) is 0 Å². The maximum absolute atomic E-state index is 4.62. The van der Waals surface area contributed by atoms with Gasteiger partial charge in [-0.3, -0.25) is 0 Å². The van der Waals surface area contributed by atoms with Crippen LogP contribution >= 0.6 is 23.1 Å². The summed E-state index contributed by atoms with van der Waals surface area (Å²) >= 11 is 3.74. The fraction of sp³-hybridized carbons (Fsp3) is 0.700. The van der Waals surface area contributed by atoms with E-state index in [-0.39, 0.29) is 0 Å². The van der Waals surface area contributed by atoms with E-state index in [9.17, 15) is 0 Å². The summed E-state index contributed by atoms with van der Waals surface area (Å²) in [6.45, 7) is 3.74. The molecule has 142 valence electrons. The molecule has 2 aliphatic rings. The Morgan fingerprint density at radius 2 is 1.85 bits per heavy atom. The van der Waals surface area contributed by atoms with Gasteiger partial charge < -0.3 is 9.47 Å². The van der Waals surface area contributed by atoms with Crippen molar-refractivity contribution in [1.82, 2.24) is 19.7 Å². The van der Waals surface area contributed by atoms with Crippen molar-refractivity contribution in [1.29, 1.82) is 0 Å². The number of hydrogen-bond acceptors (Lipinski definition) is 5. The van der Waals surface area contributed by atoms with Crippen molar-refractivity contribution in [2.24, 2.45) is 0 Å². The third kappa shape index (κ3) is 4.70. The fourth-order valence-corrected chi connectivity index (χ4v) is 5.98. The van der Waals surface area contributed by atoms with Crippen LogP contribution < -0.4 is 0 Å². The zero-order valence-corrected chi connectivity index (χ0v) is 17.2. The van der Waals surface area contributed by atoms with E-state index in [1.807, 2.05) is 23.1 Å². The predicted molar refractivity (Wildman–Crippen MR) is 110 cm³/mol. The Hall–Kier alpha value is -0.850. The number of aromatic nitrogens is 3. The molecule has 0 spiro atoms. The third-order valence-corrected chi connectivity index (χ3v) is 7.47. The number of rotatable bonds is 7. The number of nitrogens with zero attached hydrogens (tertiary/aromatic N) is 4. The van der Waals surface area contributed by atoms with Gasteiger partial charge in [0.15, 0.2) is 5.16 Å². The van der Waals surface area contributed by atoms with Crippen molar-refractivity contribution >= 4 is 23.1 Å². The van der Waals surface area contributed by atoms with E-state index < -0.39 is 0 Å². The number of likely N-dealkylation sites (tertiary alicyclic amines) is 1. The van der Waals surface area contributed by atoms with Crippen LogP contribution in [-0.2, 0) is 6.42 Å². The van der Waals surface area contributed by atoms with Gasteiger partial charge >= 0.3 is 0 Å². The molecule has 0 bridgehead atoms. The van der Waals surface area contributed by atoms with E-state index >= 15 is 0 Å². The lowest BCUT2D eigenvalue weighted by atomic mass is 9.95. The molecule has 2 aromatic heterocycles. The Labute approximate surface area is 165 Å². The number of piperidine rings is 1. The van der Waals surface area contributed by atoms with Gasteiger partial charge in [0.1, 0.15) is 5.82 Å². The summed E-state index contributed by atoms with van der Waals surface area (Å²) in [5.74, 6) is 2.30. The van der Waals surface area contributed by atoms with Crippen LogP contribution in [0.4, 0.5) is 0 Å². The largest absolute Gasteiger partial charge is 0.303 e. The summed E-state index contributed by atoms with van der Waals surface area (Å²) in [6, 6.07) is 4.95. The summed E-state index contributed by atoms with van der Waals surface area (Å²) in [7, 11) is 0. The molecule has 6 heteroatoms. The average Bonchev–Trinajstić information content (AvgIpc) is 3.34. The van der Waals surface area contributed by atoms with Crippen LogP contribution in [0, 0.1) is 0 Å². The summed E-state index contributed by atoms with van der Waals surface area (Å²) < 4.78 is 2.50. The van der Waals surface area contributed by atoms with Crippen LogP contribution in [0.15, 0.2) is 22.7 Å². The van der Waals surface area contributed by atoms with Gasteiger partial charge in [0.05, 0.1) is 0 Å². The molecule has 1 aliphatic carbocycles. The molecule has 1 saturated heterocycles. The summed E-state index contributed by atoms with van der Waals surface area (Å²) in [5.41, 5.74) is 0. The molecule has 3 heterocycles. The Balaban J connectivity index is 1.44. The minimum absolute atomic E-state index is 0.603. The third-order valence-electron chi connectivity index (χ3n) is 5.67. The molecule has 0 unspecified atom stereocenters.